The monoisotopic (exact) mass is 238 g/mol. The second-order valence-electron chi connectivity index (χ2n) is 6.87. The van der Waals surface area contributed by atoms with Crippen molar-refractivity contribution in [2.45, 2.75) is 58.7 Å². The summed E-state index contributed by atoms with van der Waals surface area (Å²) in [5.41, 5.74) is 0.555. The molecule has 2 N–H and O–H groups in total. The van der Waals surface area contributed by atoms with Gasteiger partial charge in [0, 0.05) is 5.92 Å². The Balaban J connectivity index is 2.35. The number of rotatable bonds is 1. The van der Waals surface area contributed by atoms with E-state index in [2.05, 4.69) is 20.4 Å². The van der Waals surface area contributed by atoms with Crippen molar-refractivity contribution in [2.75, 3.05) is 0 Å². The van der Waals surface area contributed by atoms with E-state index in [4.69, 9.17) is 0 Å². The molecule has 2 fully saturated rings. The van der Waals surface area contributed by atoms with Crippen LogP contribution >= 0.6 is 0 Å². The molecule has 2 aliphatic rings. The fourth-order valence-corrected chi connectivity index (χ4v) is 4.46. The molecule has 0 bridgehead atoms. The molecule has 98 valence electrons. The average molecular weight is 238 g/mol. The maximum Gasteiger partial charge on any atom is 0.0650 e. The minimum Gasteiger partial charge on any atom is -0.392 e. The predicted molar refractivity (Wildman–Crippen MR) is 69.5 cm³/mol. The standard InChI is InChI=1S/C15H26O2/c1-9(2)13-11-6-7-15(5,17)10(3)14(11,4)8-12(13)16/h10-13,16-17H,1,6-8H2,2-5H3/t10-,11-,12+,13+,14+,15+/m1/s1. The SMILES string of the molecule is C=C(C)[C@H]1[C@H]2CC[C@](C)(O)[C@H](C)[C@]2(C)C[C@@H]1O. The molecular weight excluding hydrogens is 212 g/mol. The molecule has 0 aliphatic heterocycles. The van der Waals surface area contributed by atoms with Crippen molar-refractivity contribution in [3.63, 3.8) is 0 Å². The topological polar surface area (TPSA) is 40.5 Å². The lowest BCUT2D eigenvalue weighted by Crippen LogP contribution is -2.50. The number of aliphatic hydroxyl groups excluding tert-OH is 1. The minimum atomic E-state index is -0.588. The van der Waals surface area contributed by atoms with Crippen molar-refractivity contribution in [3.8, 4) is 0 Å². The van der Waals surface area contributed by atoms with Gasteiger partial charge in [0.15, 0.2) is 0 Å². The lowest BCUT2D eigenvalue weighted by atomic mass is 9.56. The van der Waals surface area contributed by atoms with Crippen LogP contribution < -0.4 is 0 Å². The van der Waals surface area contributed by atoms with E-state index in [9.17, 15) is 10.2 Å². The van der Waals surface area contributed by atoms with Crippen LogP contribution in [-0.2, 0) is 0 Å². The van der Waals surface area contributed by atoms with Crippen molar-refractivity contribution >= 4 is 0 Å². The van der Waals surface area contributed by atoms with Crippen LogP contribution in [0.3, 0.4) is 0 Å². The zero-order valence-corrected chi connectivity index (χ0v) is 11.5. The smallest absolute Gasteiger partial charge is 0.0650 e. The first kappa shape index (κ1) is 13.1. The summed E-state index contributed by atoms with van der Waals surface area (Å²) in [6, 6.07) is 0. The summed E-state index contributed by atoms with van der Waals surface area (Å²) in [5, 5.41) is 20.8. The van der Waals surface area contributed by atoms with E-state index in [1.807, 2.05) is 13.8 Å². The van der Waals surface area contributed by atoms with Crippen LogP contribution in [0.4, 0.5) is 0 Å². The highest BCUT2D eigenvalue weighted by atomic mass is 16.3. The van der Waals surface area contributed by atoms with Gasteiger partial charge in [0.25, 0.3) is 0 Å². The lowest BCUT2D eigenvalue weighted by Gasteiger charge is -2.51. The van der Waals surface area contributed by atoms with Crippen LogP contribution in [0.1, 0.15) is 47.0 Å². The molecule has 0 amide bonds. The summed E-state index contributed by atoms with van der Waals surface area (Å²) in [6.45, 7) is 12.4. The molecule has 2 heteroatoms. The summed E-state index contributed by atoms with van der Waals surface area (Å²) in [7, 11) is 0. The molecule has 17 heavy (non-hydrogen) atoms. The molecule has 0 aromatic rings. The van der Waals surface area contributed by atoms with Gasteiger partial charge in [-0.25, -0.2) is 0 Å². The van der Waals surface area contributed by atoms with Crippen LogP contribution in [0, 0.1) is 23.2 Å². The lowest BCUT2D eigenvalue weighted by molar-refractivity contribution is -0.108. The quantitative estimate of drug-likeness (QED) is 0.690. The second kappa shape index (κ2) is 3.83. The fourth-order valence-electron chi connectivity index (χ4n) is 4.46. The number of hydrogen-bond donors (Lipinski definition) is 2. The molecular formula is C15H26O2. The average Bonchev–Trinajstić information content (AvgIpc) is 2.45. The van der Waals surface area contributed by atoms with E-state index in [1.165, 1.54) is 0 Å². The third-order valence-electron chi connectivity index (χ3n) is 5.80. The molecule has 0 aromatic carbocycles. The van der Waals surface area contributed by atoms with E-state index in [0.717, 1.165) is 24.8 Å². The maximum absolute atomic E-state index is 10.5. The van der Waals surface area contributed by atoms with Gasteiger partial charge in [0.2, 0.25) is 0 Å². The minimum absolute atomic E-state index is 0.0464. The Morgan fingerprint density at radius 2 is 1.94 bits per heavy atom. The number of hydrogen-bond acceptors (Lipinski definition) is 2. The van der Waals surface area contributed by atoms with Crippen LogP contribution in [0.25, 0.3) is 0 Å². The van der Waals surface area contributed by atoms with Crippen molar-refractivity contribution in [1.29, 1.82) is 0 Å². The van der Waals surface area contributed by atoms with Crippen molar-refractivity contribution in [1.82, 2.24) is 0 Å². The molecule has 2 saturated carbocycles. The van der Waals surface area contributed by atoms with Crippen LogP contribution in [-0.4, -0.2) is 21.9 Å². The Labute approximate surface area is 105 Å². The molecule has 6 atom stereocenters. The summed E-state index contributed by atoms with van der Waals surface area (Å²) < 4.78 is 0. The first-order valence-electron chi connectivity index (χ1n) is 6.76. The predicted octanol–water partition coefficient (Wildman–Crippen LogP) is 2.75. The Morgan fingerprint density at radius 1 is 1.35 bits per heavy atom. The van der Waals surface area contributed by atoms with Crippen molar-refractivity contribution in [3.05, 3.63) is 12.2 Å². The number of aliphatic hydroxyl groups is 2. The van der Waals surface area contributed by atoms with E-state index in [1.54, 1.807) is 0 Å². The molecule has 0 saturated heterocycles. The third-order valence-corrected chi connectivity index (χ3v) is 5.80. The van der Waals surface area contributed by atoms with Crippen LogP contribution in [0.15, 0.2) is 12.2 Å². The van der Waals surface area contributed by atoms with Crippen LogP contribution in [0.2, 0.25) is 0 Å². The van der Waals surface area contributed by atoms with Gasteiger partial charge in [-0.3, -0.25) is 0 Å². The van der Waals surface area contributed by atoms with Gasteiger partial charge in [-0.05, 0) is 50.4 Å². The Kier molecular flexibility index (Phi) is 2.95. The summed E-state index contributed by atoms with van der Waals surface area (Å²) in [5.74, 6) is 0.927. The first-order chi connectivity index (χ1) is 7.70. The zero-order chi connectivity index (χ0) is 13.0. The highest BCUT2D eigenvalue weighted by Gasteiger charge is 2.58. The van der Waals surface area contributed by atoms with E-state index < -0.39 is 5.60 Å². The van der Waals surface area contributed by atoms with Crippen molar-refractivity contribution in [2.24, 2.45) is 23.2 Å². The van der Waals surface area contributed by atoms with Crippen LogP contribution in [0.5, 0.6) is 0 Å². The molecule has 0 heterocycles. The molecule has 0 aromatic heterocycles. The summed E-state index contributed by atoms with van der Waals surface area (Å²) >= 11 is 0. The summed E-state index contributed by atoms with van der Waals surface area (Å²) in [6.07, 6.45) is 2.36. The van der Waals surface area contributed by atoms with Gasteiger partial charge in [-0.2, -0.15) is 0 Å². The molecule has 2 aliphatic carbocycles. The normalized spacial score (nSPS) is 54.5. The molecule has 2 nitrogen and oxygen atoms in total. The van der Waals surface area contributed by atoms with Gasteiger partial charge in [0.1, 0.15) is 0 Å². The Hall–Kier alpha value is -0.340. The van der Waals surface area contributed by atoms with E-state index in [-0.39, 0.29) is 23.4 Å². The van der Waals surface area contributed by atoms with E-state index >= 15 is 0 Å². The molecule has 0 radical (unpaired) electrons. The number of fused-ring (bicyclic) bond motifs is 1. The van der Waals surface area contributed by atoms with E-state index in [0.29, 0.717) is 5.92 Å². The van der Waals surface area contributed by atoms with Gasteiger partial charge in [-0.1, -0.05) is 26.0 Å². The van der Waals surface area contributed by atoms with Gasteiger partial charge in [0.05, 0.1) is 11.7 Å². The van der Waals surface area contributed by atoms with Gasteiger partial charge < -0.3 is 10.2 Å². The molecule has 0 unspecified atom stereocenters. The highest BCUT2D eigenvalue weighted by molar-refractivity contribution is 5.15. The maximum atomic E-state index is 10.5. The Bertz CT molecular complexity index is 334. The molecule has 0 spiro atoms. The van der Waals surface area contributed by atoms with Gasteiger partial charge >= 0.3 is 0 Å². The third kappa shape index (κ3) is 1.77. The summed E-state index contributed by atoms with van der Waals surface area (Å²) in [4.78, 5) is 0. The first-order valence-corrected chi connectivity index (χ1v) is 6.76. The van der Waals surface area contributed by atoms with Crippen molar-refractivity contribution < 1.29 is 10.2 Å². The second-order valence-corrected chi connectivity index (χ2v) is 6.87. The highest BCUT2D eigenvalue weighted by Crippen LogP contribution is 2.61. The molecule has 2 rings (SSSR count). The Morgan fingerprint density at radius 3 is 2.47 bits per heavy atom. The zero-order valence-electron chi connectivity index (χ0n) is 11.5. The van der Waals surface area contributed by atoms with Gasteiger partial charge in [-0.15, -0.1) is 0 Å². The largest absolute Gasteiger partial charge is 0.392 e. The fraction of sp³-hybridized carbons (Fsp3) is 0.867.